The molecule has 5 heteroatoms. The van der Waals surface area contributed by atoms with Crippen LogP contribution >= 0.6 is 11.3 Å². The molecule has 0 radical (unpaired) electrons. The zero-order valence-corrected chi connectivity index (χ0v) is 12.8. The van der Waals surface area contributed by atoms with Gasteiger partial charge < -0.3 is 9.47 Å². The van der Waals surface area contributed by atoms with E-state index in [1.165, 1.54) is 6.92 Å². The van der Waals surface area contributed by atoms with E-state index in [1.807, 2.05) is 36.4 Å². The summed E-state index contributed by atoms with van der Waals surface area (Å²) in [6.45, 7) is 1.81. The lowest BCUT2D eigenvalue weighted by atomic mass is 10.2. The number of fused-ring (bicyclic) bond motifs is 2. The van der Waals surface area contributed by atoms with Crippen molar-refractivity contribution < 1.29 is 14.3 Å². The van der Waals surface area contributed by atoms with E-state index in [1.54, 1.807) is 17.4 Å². The Kier molecular flexibility index (Phi) is 4.06. The van der Waals surface area contributed by atoms with Crippen LogP contribution in [0.3, 0.4) is 0 Å². The Balaban J connectivity index is 1.92. The molecule has 1 heterocycles. The standard InChI is InChI=1S/C17H14O4S/c1-11(18)20-8-9-21-12-6-7-16-14(10-12)17(19)13-4-2-3-5-15(13)22-16/h2-7,10H,8-9H2,1H3. The Bertz CT molecular complexity index is 898. The van der Waals surface area contributed by atoms with Gasteiger partial charge in [0.05, 0.1) is 0 Å². The Morgan fingerprint density at radius 3 is 2.64 bits per heavy atom. The monoisotopic (exact) mass is 314 g/mol. The van der Waals surface area contributed by atoms with Gasteiger partial charge in [0.25, 0.3) is 0 Å². The molecule has 3 aromatic rings. The normalized spacial score (nSPS) is 10.8. The summed E-state index contributed by atoms with van der Waals surface area (Å²) < 4.78 is 12.2. The Labute approximate surface area is 130 Å². The van der Waals surface area contributed by atoms with E-state index in [0.29, 0.717) is 11.1 Å². The molecule has 0 aliphatic heterocycles. The second-order valence-corrected chi connectivity index (χ2v) is 5.86. The van der Waals surface area contributed by atoms with Crippen molar-refractivity contribution in [2.24, 2.45) is 0 Å². The van der Waals surface area contributed by atoms with Gasteiger partial charge in [0, 0.05) is 27.1 Å². The second kappa shape index (κ2) is 6.15. The van der Waals surface area contributed by atoms with Crippen molar-refractivity contribution in [3.63, 3.8) is 0 Å². The van der Waals surface area contributed by atoms with Crippen LogP contribution in [0.15, 0.2) is 47.3 Å². The molecule has 0 unspecified atom stereocenters. The number of hydrogen-bond acceptors (Lipinski definition) is 5. The van der Waals surface area contributed by atoms with Crippen LogP contribution in [0.1, 0.15) is 6.92 Å². The largest absolute Gasteiger partial charge is 0.490 e. The summed E-state index contributed by atoms with van der Waals surface area (Å²) in [4.78, 5) is 23.2. The first-order chi connectivity index (χ1) is 10.6. The molecule has 22 heavy (non-hydrogen) atoms. The maximum Gasteiger partial charge on any atom is 0.302 e. The summed E-state index contributed by atoms with van der Waals surface area (Å²) in [6, 6.07) is 13.0. The minimum atomic E-state index is -0.336. The third-order valence-corrected chi connectivity index (χ3v) is 4.36. The number of hydrogen-bond donors (Lipinski definition) is 0. The van der Waals surface area contributed by atoms with Crippen LogP contribution in [0.25, 0.3) is 20.2 Å². The highest BCUT2D eigenvalue weighted by atomic mass is 32.1. The van der Waals surface area contributed by atoms with E-state index in [4.69, 9.17) is 9.47 Å². The maximum atomic E-state index is 12.5. The fourth-order valence-corrected chi connectivity index (χ4v) is 3.27. The van der Waals surface area contributed by atoms with Crippen LogP contribution in [-0.4, -0.2) is 19.2 Å². The first-order valence-electron chi connectivity index (χ1n) is 6.87. The van der Waals surface area contributed by atoms with E-state index in [0.717, 1.165) is 14.8 Å². The zero-order chi connectivity index (χ0) is 15.5. The fraction of sp³-hybridized carbons (Fsp3) is 0.176. The van der Waals surface area contributed by atoms with E-state index < -0.39 is 0 Å². The highest BCUT2D eigenvalue weighted by Crippen LogP contribution is 2.27. The summed E-state index contributed by atoms with van der Waals surface area (Å²) in [7, 11) is 0. The number of ether oxygens (including phenoxy) is 2. The average molecular weight is 314 g/mol. The van der Waals surface area contributed by atoms with Crippen molar-refractivity contribution in [2.75, 3.05) is 13.2 Å². The molecule has 0 spiro atoms. The van der Waals surface area contributed by atoms with Crippen LogP contribution in [0.4, 0.5) is 0 Å². The molecule has 0 aliphatic carbocycles. The predicted molar refractivity (Wildman–Crippen MR) is 87.7 cm³/mol. The summed E-state index contributed by atoms with van der Waals surface area (Å²) in [5, 5.41) is 1.37. The molecule has 0 saturated heterocycles. The molecule has 112 valence electrons. The molecule has 0 atom stereocenters. The summed E-state index contributed by atoms with van der Waals surface area (Å²) in [5.74, 6) is 0.261. The SMILES string of the molecule is CC(=O)OCCOc1ccc2sc3ccccc3c(=O)c2c1. The number of benzene rings is 2. The van der Waals surface area contributed by atoms with Crippen molar-refractivity contribution in [3.05, 3.63) is 52.7 Å². The first kappa shape index (κ1) is 14.5. The van der Waals surface area contributed by atoms with E-state index in [2.05, 4.69) is 0 Å². The number of esters is 1. The molecule has 3 rings (SSSR count). The van der Waals surface area contributed by atoms with Crippen molar-refractivity contribution in [3.8, 4) is 5.75 Å². The quantitative estimate of drug-likeness (QED) is 0.421. The zero-order valence-electron chi connectivity index (χ0n) is 12.0. The highest BCUT2D eigenvalue weighted by molar-refractivity contribution is 7.24. The number of carbonyl (C=O) groups is 1. The van der Waals surface area contributed by atoms with Crippen LogP contribution < -0.4 is 10.2 Å². The molecular weight excluding hydrogens is 300 g/mol. The molecule has 0 fully saturated rings. The molecule has 0 amide bonds. The van der Waals surface area contributed by atoms with E-state index in [9.17, 15) is 9.59 Å². The van der Waals surface area contributed by atoms with Crippen molar-refractivity contribution in [1.82, 2.24) is 0 Å². The van der Waals surface area contributed by atoms with Gasteiger partial charge >= 0.3 is 5.97 Å². The van der Waals surface area contributed by atoms with Gasteiger partial charge in [-0.1, -0.05) is 12.1 Å². The lowest BCUT2D eigenvalue weighted by molar-refractivity contribution is -0.141. The van der Waals surface area contributed by atoms with Crippen molar-refractivity contribution in [1.29, 1.82) is 0 Å². The number of carbonyl (C=O) groups excluding carboxylic acids is 1. The third-order valence-electron chi connectivity index (χ3n) is 3.20. The van der Waals surface area contributed by atoms with Gasteiger partial charge in [0.15, 0.2) is 5.43 Å². The molecule has 0 aliphatic rings. The van der Waals surface area contributed by atoms with Gasteiger partial charge in [-0.2, -0.15) is 0 Å². The van der Waals surface area contributed by atoms with Gasteiger partial charge in [-0.15, -0.1) is 11.3 Å². The predicted octanol–water partition coefficient (Wildman–Crippen LogP) is 3.36. The van der Waals surface area contributed by atoms with Crippen molar-refractivity contribution >= 4 is 37.5 Å². The van der Waals surface area contributed by atoms with E-state index in [-0.39, 0.29) is 24.6 Å². The molecular formula is C17H14O4S. The molecule has 0 bridgehead atoms. The summed E-state index contributed by atoms with van der Waals surface area (Å²) in [5.41, 5.74) is 0.00906. The Hall–Kier alpha value is -2.40. The highest BCUT2D eigenvalue weighted by Gasteiger charge is 2.07. The van der Waals surface area contributed by atoms with Crippen LogP contribution in [0.2, 0.25) is 0 Å². The minimum absolute atomic E-state index is 0.00906. The lowest BCUT2D eigenvalue weighted by Gasteiger charge is -2.07. The Morgan fingerprint density at radius 1 is 1.05 bits per heavy atom. The minimum Gasteiger partial charge on any atom is -0.490 e. The molecule has 0 saturated carbocycles. The van der Waals surface area contributed by atoms with Crippen LogP contribution in [0.5, 0.6) is 5.75 Å². The molecule has 1 aromatic heterocycles. The topological polar surface area (TPSA) is 52.6 Å². The number of rotatable bonds is 4. The van der Waals surface area contributed by atoms with E-state index >= 15 is 0 Å². The summed E-state index contributed by atoms with van der Waals surface area (Å²) >= 11 is 1.58. The van der Waals surface area contributed by atoms with Crippen LogP contribution in [0, 0.1) is 0 Å². The van der Waals surface area contributed by atoms with Gasteiger partial charge in [-0.3, -0.25) is 9.59 Å². The van der Waals surface area contributed by atoms with Gasteiger partial charge in [-0.05, 0) is 30.3 Å². The molecule has 0 N–H and O–H groups in total. The third kappa shape index (κ3) is 2.94. The second-order valence-electron chi connectivity index (χ2n) is 4.77. The van der Waals surface area contributed by atoms with Crippen molar-refractivity contribution in [2.45, 2.75) is 6.92 Å². The fourth-order valence-electron chi connectivity index (χ4n) is 2.22. The van der Waals surface area contributed by atoms with Crippen LogP contribution in [-0.2, 0) is 9.53 Å². The Morgan fingerprint density at radius 2 is 1.82 bits per heavy atom. The van der Waals surface area contributed by atoms with Gasteiger partial charge in [0.1, 0.15) is 19.0 Å². The first-order valence-corrected chi connectivity index (χ1v) is 7.68. The smallest absolute Gasteiger partial charge is 0.302 e. The maximum absolute atomic E-state index is 12.5. The average Bonchev–Trinajstić information content (AvgIpc) is 2.52. The van der Waals surface area contributed by atoms with Gasteiger partial charge in [0.2, 0.25) is 0 Å². The summed E-state index contributed by atoms with van der Waals surface area (Å²) in [6.07, 6.45) is 0. The molecule has 2 aromatic carbocycles. The molecule has 4 nitrogen and oxygen atoms in total. The lowest BCUT2D eigenvalue weighted by Crippen LogP contribution is -2.09. The van der Waals surface area contributed by atoms with Gasteiger partial charge in [-0.25, -0.2) is 0 Å².